The topological polar surface area (TPSA) is 63.6 Å². The van der Waals surface area contributed by atoms with Crippen molar-refractivity contribution >= 4 is 35.0 Å². The third-order valence-corrected chi connectivity index (χ3v) is 2.58. The van der Waals surface area contributed by atoms with Gasteiger partial charge in [0, 0.05) is 12.4 Å². The molecule has 0 fully saturated rings. The first-order valence-electron chi connectivity index (χ1n) is 4.50. The average molecular weight is 272 g/mol. The molecule has 2 aromatic rings. The maximum absolute atomic E-state index is 13.6. The molecule has 8 heteroatoms. The quantitative estimate of drug-likeness (QED) is 0.526. The molecule has 0 unspecified atom stereocenters. The Morgan fingerprint density at radius 3 is 2.82 bits per heavy atom. The third kappa shape index (κ3) is 2.80. The van der Waals surface area contributed by atoms with E-state index in [1.54, 1.807) is 6.26 Å². The molecule has 0 aliphatic rings. The van der Waals surface area contributed by atoms with Crippen molar-refractivity contribution in [2.45, 2.75) is 5.16 Å². The number of hydrogen-bond acceptors (Lipinski definition) is 6. The highest BCUT2D eigenvalue weighted by Gasteiger charge is 2.13. The minimum absolute atomic E-state index is 0.0187. The second kappa shape index (κ2) is 5.24. The van der Waals surface area contributed by atoms with Crippen molar-refractivity contribution in [1.82, 2.24) is 19.9 Å². The van der Waals surface area contributed by atoms with Gasteiger partial charge in [-0.25, -0.2) is 15.0 Å². The van der Waals surface area contributed by atoms with Crippen molar-refractivity contribution < 1.29 is 4.39 Å². The summed E-state index contributed by atoms with van der Waals surface area (Å²) in [6, 6.07) is 0. The molecule has 2 aromatic heterocycles. The first kappa shape index (κ1) is 12.0. The molecule has 0 bridgehead atoms. The second-order valence-electron chi connectivity index (χ2n) is 2.88. The van der Waals surface area contributed by atoms with Crippen LogP contribution in [0.15, 0.2) is 23.7 Å². The molecule has 0 saturated heterocycles. The van der Waals surface area contributed by atoms with Crippen LogP contribution in [0.4, 0.5) is 16.0 Å². The standard InChI is InChI=1S/C9H7ClFN5S/c1-17-9-15-7(10)6(11)8(16-9)14-5-4-12-2-3-13-5/h2-4H,1H3,(H,13,14,15,16). The number of thioether (sulfide) groups is 1. The van der Waals surface area contributed by atoms with Crippen LogP contribution in [0.2, 0.25) is 5.15 Å². The van der Waals surface area contributed by atoms with Gasteiger partial charge in [-0.1, -0.05) is 23.4 Å². The summed E-state index contributed by atoms with van der Waals surface area (Å²) in [7, 11) is 0. The lowest BCUT2D eigenvalue weighted by molar-refractivity contribution is 0.612. The van der Waals surface area contributed by atoms with Crippen LogP contribution < -0.4 is 5.32 Å². The molecule has 2 heterocycles. The lowest BCUT2D eigenvalue weighted by atomic mass is 10.5. The number of hydrogen-bond donors (Lipinski definition) is 1. The Morgan fingerprint density at radius 1 is 1.35 bits per heavy atom. The minimum Gasteiger partial charge on any atom is -0.321 e. The molecule has 1 N–H and O–H groups in total. The van der Waals surface area contributed by atoms with Gasteiger partial charge >= 0.3 is 0 Å². The van der Waals surface area contributed by atoms with Crippen LogP contribution in [0.5, 0.6) is 0 Å². The normalized spacial score (nSPS) is 10.3. The Morgan fingerprint density at radius 2 is 2.18 bits per heavy atom. The summed E-state index contributed by atoms with van der Waals surface area (Å²) in [5, 5.41) is 2.84. The number of aromatic nitrogens is 4. The predicted molar refractivity (Wildman–Crippen MR) is 64.1 cm³/mol. The van der Waals surface area contributed by atoms with Crippen molar-refractivity contribution in [3.05, 3.63) is 29.6 Å². The van der Waals surface area contributed by atoms with Crippen LogP contribution in [0.3, 0.4) is 0 Å². The zero-order chi connectivity index (χ0) is 12.3. The van der Waals surface area contributed by atoms with Gasteiger partial charge in [0.1, 0.15) is 5.82 Å². The summed E-state index contributed by atoms with van der Waals surface area (Å²) in [6.07, 6.45) is 6.23. The fourth-order valence-corrected chi connectivity index (χ4v) is 1.64. The van der Waals surface area contributed by atoms with E-state index < -0.39 is 5.82 Å². The van der Waals surface area contributed by atoms with Crippen molar-refractivity contribution in [2.24, 2.45) is 0 Å². The molecule has 0 aromatic carbocycles. The average Bonchev–Trinajstić information content (AvgIpc) is 2.36. The molecule has 0 radical (unpaired) electrons. The number of halogens is 2. The SMILES string of the molecule is CSc1nc(Cl)c(F)c(Nc2cnccn2)n1. The van der Waals surface area contributed by atoms with Crippen molar-refractivity contribution in [3.63, 3.8) is 0 Å². The number of anilines is 2. The van der Waals surface area contributed by atoms with Crippen LogP contribution >= 0.6 is 23.4 Å². The molecule has 0 atom stereocenters. The Bertz CT molecular complexity index is 524. The van der Waals surface area contributed by atoms with E-state index in [2.05, 4.69) is 25.3 Å². The Kier molecular flexibility index (Phi) is 3.70. The molecule has 17 heavy (non-hydrogen) atoms. The van der Waals surface area contributed by atoms with E-state index in [1.165, 1.54) is 30.4 Å². The first-order chi connectivity index (χ1) is 8.20. The van der Waals surface area contributed by atoms with Crippen LogP contribution in [0, 0.1) is 5.82 Å². The molecule has 0 amide bonds. The number of rotatable bonds is 3. The lowest BCUT2D eigenvalue weighted by Gasteiger charge is -2.07. The van der Waals surface area contributed by atoms with Crippen LogP contribution in [0.1, 0.15) is 0 Å². The minimum atomic E-state index is -0.713. The number of nitrogens with one attached hydrogen (secondary N) is 1. The van der Waals surface area contributed by atoms with E-state index in [9.17, 15) is 4.39 Å². The van der Waals surface area contributed by atoms with Gasteiger partial charge in [0.2, 0.25) is 5.82 Å². The van der Waals surface area contributed by atoms with Gasteiger partial charge in [-0.15, -0.1) is 0 Å². The van der Waals surface area contributed by atoms with Crippen LogP contribution in [-0.4, -0.2) is 26.2 Å². The maximum atomic E-state index is 13.6. The fourth-order valence-electron chi connectivity index (χ4n) is 1.06. The van der Waals surface area contributed by atoms with Crippen molar-refractivity contribution in [3.8, 4) is 0 Å². The van der Waals surface area contributed by atoms with Gasteiger partial charge in [0.05, 0.1) is 6.20 Å². The van der Waals surface area contributed by atoms with Crippen LogP contribution in [0.25, 0.3) is 0 Å². The molecule has 2 rings (SSSR count). The Hall–Kier alpha value is -1.47. The zero-order valence-electron chi connectivity index (χ0n) is 8.69. The highest BCUT2D eigenvalue weighted by molar-refractivity contribution is 7.98. The second-order valence-corrected chi connectivity index (χ2v) is 4.01. The van der Waals surface area contributed by atoms with E-state index in [1.807, 2.05) is 0 Å². The molecular weight excluding hydrogens is 265 g/mol. The third-order valence-electron chi connectivity index (χ3n) is 1.78. The summed E-state index contributed by atoms with van der Waals surface area (Å²) in [5.74, 6) is -0.349. The molecule has 0 aliphatic heterocycles. The van der Waals surface area contributed by atoms with Crippen molar-refractivity contribution in [1.29, 1.82) is 0 Å². The smallest absolute Gasteiger partial charge is 0.203 e. The summed E-state index contributed by atoms with van der Waals surface area (Å²) >= 11 is 6.92. The monoisotopic (exact) mass is 271 g/mol. The highest BCUT2D eigenvalue weighted by Crippen LogP contribution is 2.24. The van der Waals surface area contributed by atoms with Crippen LogP contribution in [-0.2, 0) is 0 Å². The van der Waals surface area contributed by atoms with E-state index in [4.69, 9.17) is 11.6 Å². The van der Waals surface area contributed by atoms with E-state index in [-0.39, 0.29) is 11.0 Å². The summed E-state index contributed by atoms with van der Waals surface area (Å²) in [5.41, 5.74) is 0. The fraction of sp³-hybridized carbons (Fsp3) is 0.111. The van der Waals surface area contributed by atoms with Gasteiger partial charge in [-0.2, -0.15) is 4.39 Å². The highest BCUT2D eigenvalue weighted by atomic mass is 35.5. The Labute approximate surface area is 106 Å². The number of nitrogens with zero attached hydrogens (tertiary/aromatic N) is 4. The zero-order valence-corrected chi connectivity index (χ0v) is 10.3. The molecule has 0 saturated carbocycles. The molecule has 5 nitrogen and oxygen atoms in total. The van der Waals surface area contributed by atoms with Crippen molar-refractivity contribution in [2.75, 3.05) is 11.6 Å². The van der Waals surface area contributed by atoms with Gasteiger partial charge in [0.15, 0.2) is 16.1 Å². The predicted octanol–water partition coefficient (Wildman–Crippen LogP) is 2.52. The largest absolute Gasteiger partial charge is 0.321 e. The maximum Gasteiger partial charge on any atom is 0.203 e. The molecule has 88 valence electrons. The van der Waals surface area contributed by atoms with E-state index in [0.29, 0.717) is 11.0 Å². The molecular formula is C9H7ClFN5S. The van der Waals surface area contributed by atoms with Gasteiger partial charge in [-0.05, 0) is 6.26 Å². The van der Waals surface area contributed by atoms with Gasteiger partial charge in [-0.3, -0.25) is 4.98 Å². The van der Waals surface area contributed by atoms with Gasteiger partial charge in [0.25, 0.3) is 0 Å². The van der Waals surface area contributed by atoms with E-state index in [0.717, 1.165) is 0 Å². The first-order valence-corrected chi connectivity index (χ1v) is 6.11. The van der Waals surface area contributed by atoms with E-state index >= 15 is 0 Å². The molecule has 0 aliphatic carbocycles. The Balaban J connectivity index is 2.35. The summed E-state index contributed by atoms with van der Waals surface area (Å²) in [4.78, 5) is 15.5. The summed E-state index contributed by atoms with van der Waals surface area (Å²) < 4.78 is 13.6. The summed E-state index contributed by atoms with van der Waals surface area (Å²) in [6.45, 7) is 0. The van der Waals surface area contributed by atoms with Gasteiger partial charge < -0.3 is 5.32 Å². The lowest BCUT2D eigenvalue weighted by Crippen LogP contribution is -2.02. The molecule has 0 spiro atoms.